The summed E-state index contributed by atoms with van der Waals surface area (Å²) in [6.07, 6.45) is -0.919. The van der Waals surface area contributed by atoms with E-state index in [1.807, 2.05) is 35.2 Å². The van der Waals surface area contributed by atoms with E-state index in [9.17, 15) is 5.11 Å². The van der Waals surface area contributed by atoms with Crippen LogP contribution >= 0.6 is 11.3 Å². The van der Waals surface area contributed by atoms with Crippen molar-refractivity contribution in [2.24, 2.45) is 0 Å². The molecule has 8 heteroatoms. The lowest BCUT2D eigenvalue weighted by molar-refractivity contribution is 0.0915. The molecule has 0 aromatic carbocycles. The Labute approximate surface area is 149 Å². The van der Waals surface area contributed by atoms with Crippen molar-refractivity contribution >= 4 is 11.3 Å². The standard InChI is InChI=1S/C17H20N4O3S/c1-11-14(18-17(24-11)16-3-2-6-25-16)9-20-4-5-21-12(8-20)7-13(19-21)15(23)10-22/h2-3,6-7,15,22-23H,4-5,8-10H2,1H3/t15-/m0/s1. The normalized spacial score (nSPS) is 16.1. The van der Waals surface area contributed by atoms with Crippen LogP contribution in [-0.4, -0.2) is 43.0 Å². The molecule has 4 heterocycles. The van der Waals surface area contributed by atoms with Crippen molar-refractivity contribution < 1.29 is 14.6 Å². The summed E-state index contributed by atoms with van der Waals surface area (Å²) in [4.78, 5) is 7.98. The summed E-state index contributed by atoms with van der Waals surface area (Å²) in [5, 5.41) is 25.2. The van der Waals surface area contributed by atoms with Gasteiger partial charge < -0.3 is 14.6 Å². The van der Waals surface area contributed by atoms with Crippen molar-refractivity contribution in [2.75, 3.05) is 13.2 Å². The molecule has 2 N–H and O–H groups in total. The number of thiophene rings is 1. The van der Waals surface area contributed by atoms with Gasteiger partial charge in [0.15, 0.2) is 0 Å². The van der Waals surface area contributed by atoms with E-state index in [1.165, 1.54) is 0 Å². The van der Waals surface area contributed by atoms with Gasteiger partial charge in [0.25, 0.3) is 0 Å². The largest absolute Gasteiger partial charge is 0.440 e. The third-order valence-electron chi connectivity index (χ3n) is 4.41. The second-order valence-corrected chi connectivity index (χ2v) is 7.14. The van der Waals surface area contributed by atoms with Crippen molar-refractivity contribution in [3.63, 3.8) is 0 Å². The van der Waals surface area contributed by atoms with Gasteiger partial charge in [0.05, 0.1) is 35.1 Å². The quantitative estimate of drug-likeness (QED) is 0.723. The van der Waals surface area contributed by atoms with Crippen LogP contribution in [-0.2, 0) is 19.6 Å². The minimum Gasteiger partial charge on any atom is -0.440 e. The molecule has 0 saturated carbocycles. The highest BCUT2D eigenvalue weighted by molar-refractivity contribution is 7.13. The van der Waals surface area contributed by atoms with Crippen LogP contribution in [0.5, 0.6) is 0 Å². The van der Waals surface area contributed by atoms with Crippen molar-refractivity contribution in [1.82, 2.24) is 19.7 Å². The molecule has 3 aromatic heterocycles. The Bertz CT molecular complexity index is 856. The molecule has 0 fully saturated rings. The number of aliphatic hydroxyl groups excluding tert-OH is 2. The van der Waals surface area contributed by atoms with E-state index < -0.39 is 6.10 Å². The number of aryl methyl sites for hydroxylation is 1. The van der Waals surface area contributed by atoms with Crippen molar-refractivity contribution in [2.45, 2.75) is 32.7 Å². The molecule has 7 nitrogen and oxygen atoms in total. The molecule has 4 rings (SSSR count). The van der Waals surface area contributed by atoms with Crippen LogP contribution < -0.4 is 0 Å². The topological polar surface area (TPSA) is 87.6 Å². The van der Waals surface area contributed by atoms with Crippen LogP contribution in [0.4, 0.5) is 0 Å². The molecule has 0 radical (unpaired) electrons. The molecule has 1 aliphatic rings. The van der Waals surface area contributed by atoms with Gasteiger partial charge in [0, 0.05) is 19.6 Å². The SMILES string of the molecule is Cc1oc(-c2cccs2)nc1CN1CCn2nc([C@@H](O)CO)cc2C1. The fourth-order valence-electron chi connectivity index (χ4n) is 3.03. The van der Waals surface area contributed by atoms with Crippen LogP contribution in [0.2, 0.25) is 0 Å². The Kier molecular flexibility index (Phi) is 4.43. The van der Waals surface area contributed by atoms with Gasteiger partial charge in [-0.05, 0) is 24.4 Å². The first-order chi connectivity index (χ1) is 12.1. The monoisotopic (exact) mass is 360 g/mol. The number of hydrogen-bond acceptors (Lipinski definition) is 7. The smallest absolute Gasteiger partial charge is 0.236 e. The third kappa shape index (κ3) is 3.25. The van der Waals surface area contributed by atoms with Gasteiger partial charge in [-0.15, -0.1) is 11.3 Å². The first kappa shape index (κ1) is 16.5. The molecule has 0 spiro atoms. The molecule has 0 aliphatic carbocycles. The fourth-order valence-corrected chi connectivity index (χ4v) is 3.68. The van der Waals surface area contributed by atoms with Crippen LogP contribution in [0.15, 0.2) is 28.0 Å². The number of aromatic nitrogens is 3. The Hall–Kier alpha value is -2.00. The summed E-state index contributed by atoms with van der Waals surface area (Å²) in [7, 11) is 0. The Morgan fingerprint density at radius 3 is 3.04 bits per heavy atom. The maximum Gasteiger partial charge on any atom is 0.236 e. The summed E-state index contributed by atoms with van der Waals surface area (Å²) in [6, 6.07) is 5.86. The molecule has 25 heavy (non-hydrogen) atoms. The Balaban J connectivity index is 1.48. The predicted molar refractivity (Wildman–Crippen MR) is 92.9 cm³/mol. The van der Waals surface area contributed by atoms with Gasteiger partial charge in [0.2, 0.25) is 5.89 Å². The first-order valence-electron chi connectivity index (χ1n) is 8.22. The molecule has 0 unspecified atom stereocenters. The minimum atomic E-state index is -0.919. The zero-order valence-electron chi connectivity index (χ0n) is 13.9. The van der Waals surface area contributed by atoms with E-state index in [4.69, 9.17) is 9.52 Å². The van der Waals surface area contributed by atoms with E-state index in [-0.39, 0.29) is 6.61 Å². The van der Waals surface area contributed by atoms with E-state index in [0.717, 1.165) is 41.7 Å². The van der Waals surface area contributed by atoms with Gasteiger partial charge in [-0.2, -0.15) is 5.10 Å². The van der Waals surface area contributed by atoms with Gasteiger partial charge in [0.1, 0.15) is 11.9 Å². The van der Waals surface area contributed by atoms with Crippen molar-refractivity contribution in [1.29, 1.82) is 0 Å². The van der Waals surface area contributed by atoms with Gasteiger partial charge >= 0.3 is 0 Å². The first-order valence-corrected chi connectivity index (χ1v) is 9.10. The lowest BCUT2D eigenvalue weighted by Crippen LogP contribution is -2.33. The lowest BCUT2D eigenvalue weighted by atomic mass is 10.2. The van der Waals surface area contributed by atoms with Gasteiger partial charge in [-0.3, -0.25) is 9.58 Å². The molecular weight excluding hydrogens is 340 g/mol. The van der Waals surface area contributed by atoms with Crippen LogP contribution in [0.3, 0.4) is 0 Å². The van der Waals surface area contributed by atoms with Gasteiger partial charge in [-0.1, -0.05) is 6.07 Å². The second kappa shape index (κ2) is 6.72. The van der Waals surface area contributed by atoms with Crippen LogP contribution in [0.25, 0.3) is 10.8 Å². The highest BCUT2D eigenvalue weighted by Gasteiger charge is 2.23. The molecule has 0 amide bonds. The lowest BCUT2D eigenvalue weighted by Gasteiger charge is -2.26. The van der Waals surface area contributed by atoms with Gasteiger partial charge in [-0.25, -0.2) is 4.98 Å². The maximum atomic E-state index is 9.75. The summed E-state index contributed by atoms with van der Waals surface area (Å²) < 4.78 is 7.71. The van der Waals surface area contributed by atoms with E-state index in [2.05, 4.69) is 15.0 Å². The molecule has 1 aliphatic heterocycles. The summed E-state index contributed by atoms with van der Waals surface area (Å²) in [5.74, 6) is 1.52. The number of aliphatic hydroxyl groups is 2. The van der Waals surface area contributed by atoms with Crippen LogP contribution in [0, 0.1) is 6.92 Å². The summed E-state index contributed by atoms with van der Waals surface area (Å²) >= 11 is 1.62. The Morgan fingerprint density at radius 1 is 1.40 bits per heavy atom. The van der Waals surface area contributed by atoms with Crippen LogP contribution in [0.1, 0.15) is 28.9 Å². The number of fused-ring (bicyclic) bond motifs is 1. The van der Waals surface area contributed by atoms with Crippen molar-refractivity contribution in [3.8, 4) is 10.8 Å². The average molecular weight is 360 g/mol. The second-order valence-electron chi connectivity index (χ2n) is 6.19. The predicted octanol–water partition coefficient (Wildman–Crippen LogP) is 1.95. The highest BCUT2D eigenvalue weighted by atomic mass is 32.1. The molecule has 3 aromatic rings. The average Bonchev–Trinajstić information content (AvgIpc) is 3.33. The molecule has 1 atom stereocenters. The summed E-state index contributed by atoms with van der Waals surface area (Å²) in [5.41, 5.74) is 2.51. The number of nitrogens with zero attached hydrogens (tertiary/aromatic N) is 4. The fraction of sp³-hybridized carbons (Fsp3) is 0.412. The zero-order valence-corrected chi connectivity index (χ0v) is 14.7. The number of rotatable bonds is 5. The van der Waals surface area contributed by atoms with Crippen molar-refractivity contribution in [3.05, 3.63) is 46.4 Å². The zero-order chi connectivity index (χ0) is 17.4. The maximum absolute atomic E-state index is 9.75. The van der Waals surface area contributed by atoms with E-state index in [1.54, 1.807) is 11.3 Å². The third-order valence-corrected chi connectivity index (χ3v) is 5.27. The Morgan fingerprint density at radius 2 is 2.28 bits per heavy atom. The molecule has 132 valence electrons. The molecular formula is C17H20N4O3S. The number of hydrogen-bond donors (Lipinski definition) is 2. The minimum absolute atomic E-state index is 0.316. The van der Waals surface area contributed by atoms with E-state index >= 15 is 0 Å². The van der Waals surface area contributed by atoms with E-state index in [0.29, 0.717) is 18.1 Å². The summed E-state index contributed by atoms with van der Waals surface area (Å²) in [6.45, 7) is 4.68. The molecule has 0 bridgehead atoms. The molecule has 0 saturated heterocycles. The number of oxazole rings is 1. The highest BCUT2D eigenvalue weighted by Crippen LogP contribution is 2.27.